The van der Waals surface area contributed by atoms with Crippen molar-refractivity contribution in [3.05, 3.63) is 65.5 Å². The first-order valence-electron chi connectivity index (χ1n) is 10.3. The van der Waals surface area contributed by atoms with Gasteiger partial charge in [-0.2, -0.15) is 0 Å². The third kappa shape index (κ3) is 3.94. The molecular weight excluding hydrogens is 395 g/mol. The Kier molecular flexibility index (Phi) is 5.21. The minimum Gasteiger partial charge on any atom is -0.497 e. The molecule has 3 aromatic heterocycles. The maximum atomic E-state index is 13.7. The van der Waals surface area contributed by atoms with Crippen LogP contribution in [0.25, 0.3) is 22.3 Å². The molecule has 0 amide bonds. The summed E-state index contributed by atoms with van der Waals surface area (Å²) >= 11 is 0. The third-order valence-corrected chi connectivity index (χ3v) is 5.56. The molecular formula is C23H23FN6O. The molecule has 4 aromatic rings. The van der Waals surface area contributed by atoms with Gasteiger partial charge < -0.3 is 20.4 Å². The molecule has 0 spiro atoms. The first-order chi connectivity index (χ1) is 15.2. The van der Waals surface area contributed by atoms with E-state index in [1.807, 2.05) is 18.3 Å². The van der Waals surface area contributed by atoms with Crippen LogP contribution in [0.15, 0.2) is 42.9 Å². The topological polar surface area (TPSA) is 87.8 Å². The summed E-state index contributed by atoms with van der Waals surface area (Å²) in [5.74, 6) is 1.73. The number of nitrogens with one attached hydrogen (secondary N) is 3. The van der Waals surface area contributed by atoms with Gasteiger partial charge in [-0.1, -0.05) is 0 Å². The predicted octanol–water partition coefficient (Wildman–Crippen LogP) is 3.47. The quantitative estimate of drug-likeness (QED) is 0.444. The highest BCUT2D eigenvalue weighted by Crippen LogP contribution is 2.26. The monoisotopic (exact) mass is 418 g/mol. The number of benzene rings is 1. The number of halogens is 1. The molecule has 0 atom stereocenters. The molecule has 158 valence electrons. The Morgan fingerprint density at radius 3 is 3.00 bits per heavy atom. The lowest BCUT2D eigenvalue weighted by Gasteiger charge is -2.20. The third-order valence-electron chi connectivity index (χ3n) is 5.56. The number of hydrogen-bond acceptors (Lipinski definition) is 6. The summed E-state index contributed by atoms with van der Waals surface area (Å²) in [6.45, 7) is 2.28. The molecule has 1 aromatic carbocycles. The zero-order chi connectivity index (χ0) is 21.2. The summed E-state index contributed by atoms with van der Waals surface area (Å²) < 4.78 is 19.0. The van der Waals surface area contributed by atoms with E-state index in [2.05, 4.69) is 31.7 Å². The lowest BCUT2D eigenvalue weighted by Crippen LogP contribution is -2.27. The first-order valence-corrected chi connectivity index (χ1v) is 10.3. The Labute approximate surface area is 179 Å². The summed E-state index contributed by atoms with van der Waals surface area (Å²) in [6, 6.07) is 7.46. The van der Waals surface area contributed by atoms with E-state index >= 15 is 0 Å². The van der Waals surface area contributed by atoms with E-state index in [0.29, 0.717) is 17.9 Å². The normalized spacial score (nSPS) is 13.2. The molecule has 0 radical (unpaired) electrons. The fourth-order valence-corrected chi connectivity index (χ4v) is 3.98. The average Bonchev–Trinajstić information content (AvgIpc) is 3.21. The van der Waals surface area contributed by atoms with Crippen LogP contribution in [0, 0.1) is 5.82 Å². The number of fused-ring (bicyclic) bond motifs is 2. The van der Waals surface area contributed by atoms with Crippen molar-refractivity contribution in [1.82, 2.24) is 25.3 Å². The van der Waals surface area contributed by atoms with Gasteiger partial charge in [0, 0.05) is 53.6 Å². The van der Waals surface area contributed by atoms with Gasteiger partial charge >= 0.3 is 0 Å². The van der Waals surface area contributed by atoms with Gasteiger partial charge in [-0.05, 0) is 43.1 Å². The highest BCUT2D eigenvalue weighted by Gasteiger charge is 2.18. The van der Waals surface area contributed by atoms with E-state index in [4.69, 9.17) is 9.72 Å². The second kappa shape index (κ2) is 8.31. The lowest BCUT2D eigenvalue weighted by atomic mass is 10.1. The van der Waals surface area contributed by atoms with Crippen molar-refractivity contribution >= 4 is 16.7 Å². The van der Waals surface area contributed by atoms with Crippen LogP contribution < -0.4 is 15.4 Å². The fraction of sp³-hybridized carbons (Fsp3) is 0.261. The van der Waals surface area contributed by atoms with Crippen molar-refractivity contribution in [3.8, 4) is 17.1 Å². The molecule has 7 nitrogen and oxygen atoms in total. The van der Waals surface area contributed by atoms with Gasteiger partial charge in [0.15, 0.2) is 5.82 Å². The molecule has 0 fully saturated rings. The Hall–Kier alpha value is -3.52. The number of methoxy groups -OCH3 is 1. The van der Waals surface area contributed by atoms with E-state index < -0.39 is 5.82 Å². The maximum absolute atomic E-state index is 13.7. The number of aromatic nitrogens is 4. The molecule has 1 aliphatic rings. The van der Waals surface area contributed by atoms with Gasteiger partial charge in [0.1, 0.15) is 17.4 Å². The summed E-state index contributed by atoms with van der Waals surface area (Å²) in [4.78, 5) is 16.6. The van der Waals surface area contributed by atoms with Crippen LogP contribution in [0.1, 0.15) is 16.8 Å². The van der Waals surface area contributed by atoms with Gasteiger partial charge in [0.2, 0.25) is 0 Å². The highest BCUT2D eigenvalue weighted by molar-refractivity contribution is 5.84. The number of anilines is 1. The molecule has 8 heteroatoms. The molecule has 0 bridgehead atoms. The van der Waals surface area contributed by atoms with E-state index in [1.54, 1.807) is 13.3 Å². The Balaban J connectivity index is 1.39. The van der Waals surface area contributed by atoms with Crippen LogP contribution in [0.5, 0.6) is 5.75 Å². The van der Waals surface area contributed by atoms with Gasteiger partial charge in [0.25, 0.3) is 0 Å². The van der Waals surface area contributed by atoms with Crippen molar-refractivity contribution in [2.45, 2.75) is 19.4 Å². The van der Waals surface area contributed by atoms with E-state index in [-0.39, 0.29) is 0 Å². The standard InChI is InChI=1S/C23H23FN6O/c1-31-17-2-3-18-14(11-28-20(18)9-17)4-7-27-23-19-5-6-25-13-21(19)29-22(30-23)15-8-16(24)12-26-10-15/h2-3,8-12,25,28H,4-7,13H2,1H3,(H,27,29,30). The zero-order valence-electron chi connectivity index (χ0n) is 17.2. The highest BCUT2D eigenvalue weighted by atomic mass is 19.1. The first kappa shape index (κ1) is 19.4. The van der Waals surface area contributed by atoms with Gasteiger partial charge in [-0.3, -0.25) is 4.98 Å². The Bertz CT molecular complexity index is 1240. The van der Waals surface area contributed by atoms with E-state index in [1.165, 1.54) is 23.2 Å². The smallest absolute Gasteiger partial charge is 0.163 e. The lowest BCUT2D eigenvalue weighted by molar-refractivity contribution is 0.415. The second-order valence-corrected chi connectivity index (χ2v) is 7.54. The molecule has 31 heavy (non-hydrogen) atoms. The molecule has 0 saturated heterocycles. The maximum Gasteiger partial charge on any atom is 0.163 e. The Morgan fingerprint density at radius 1 is 1.19 bits per heavy atom. The van der Waals surface area contributed by atoms with Crippen LogP contribution in [0.3, 0.4) is 0 Å². The van der Waals surface area contributed by atoms with Crippen LogP contribution in [-0.2, 0) is 19.4 Å². The van der Waals surface area contributed by atoms with Gasteiger partial charge in [-0.15, -0.1) is 0 Å². The second-order valence-electron chi connectivity index (χ2n) is 7.54. The number of nitrogens with zero attached hydrogens (tertiary/aromatic N) is 3. The van der Waals surface area contributed by atoms with Crippen LogP contribution in [0.2, 0.25) is 0 Å². The number of H-pyrrole nitrogens is 1. The van der Waals surface area contributed by atoms with Gasteiger partial charge in [0.05, 0.1) is 19.0 Å². The number of ether oxygens (including phenoxy) is 1. The Morgan fingerprint density at radius 2 is 2.13 bits per heavy atom. The zero-order valence-corrected chi connectivity index (χ0v) is 17.2. The summed E-state index contributed by atoms with van der Waals surface area (Å²) in [6.07, 6.45) is 6.49. The van der Waals surface area contributed by atoms with Gasteiger partial charge in [-0.25, -0.2) is 14.4 Å². The molecule has 4 heterocycles. The van der Waals surface area contributed by atoms with Crippen molar-refractivity contribution < 1.29 is 9.13 Å². The molecule has 3 N–H and O–H groups in total. The van der Waals surface area contributed by atoms with Crippen molar-refractivity contribution in [1.29, 1.82) is 0 Å². The van der Waals surface area contributed by atoms with Crippen LogP contribution in [0.4, 0.5) is 10.2 Å². The summed E-state index contributed by atoms with van der Waals surface area (Å²) in [5.41, 5.74) is 4.92. The minimum atomic E-state index is -0.401. The largest absolute Gasteiger partial charge is 0.497 e. The van der Waals surface area contributed by atoms with Crippen molar-refractivity contribution in [2.24, 2.45) is 0 Å². The molecule has 0 aliphatic carbocycles. The SMILES string of the molecule is COc1ccc2c(CCNc3nc(-c4cncc(F)c4)nc4c3CCNC4)c[nH]c2c1. The molecule has 5 rings (SSSR count). The average molecular weight is 418 g/mol. The summed E-state index contributed by atoms with van der Waals surface area (Å²) in [7, 11) is 1.67. The molecule has 0 saturated carbocycles. The van der Waals surface area contributed by atoms with Crippen LogP contribution in [-0.4, -0.2) is 40.1 Å². The van der Waals surface area contributed by atoms with E-state index in [0.717, 1.165) is 54.3 Å². The van der Waals surface area contributed by atoms with Crippen molar-refractivity contribution in [2.75, 3.05) is 25.5 Å². The summed E-state index contributed by atoms with van der Waals surface area (Å²) in [5, 5.41) is 8.02. The molecule has 0 unspecified atom stereocenters. The molecule has 1 aliphatic heterocycles. The number of hydrogen-bond donors (Lipinski definition) is 3. The van der Waals surface area contributed by atoms with Crippen molar-refractivity contribution in [3.63, 3.8) is 0 Å². The fourth-order valence-electron chi connectivity index (χ4n) is 3.98. The number of pyridine rings is 1. The van der Waals surface area contributed by atoms with E-state index in [9.17, 15) is 4.39 Å². The number of rotatable bonds is 6. The predicted molar refractivity (Wildman–Crippen MR) is 118 cm³/mol. The number of aromatic amines is 1. The minimum absolute atomic E-state index is 0.401. The van der Waals surface area contributed by atoms with Crippen LogP contribution >= 0.6 is 0 Å².